The highest BCUT2D eigenvalue weighted by molar-refractivity contribution is 7.84. The second-order valence-electron chi connectivity index (χ2n) is 5.64. The molecule has 1 aromatic heterocycles. The molecule has 1 heterocycles. The number of nitrogens with one attached hydrogen (secondary N) is 1. The quantitative estimate of drug-likeness (QED) is 0.563. The van der Waals surface area contributed by atoms with Gasteiger partial charge in [0.1, 0.15) is 0 Å². The van der Waals surface area contributed by atoms with Gasteiger partial charge in [-0.05, 0) is 37.3 Å². The van der Waals surface area contributed by atoms with Crippen molar-refractivity contribution >= 4 is 33.5 Å². The Balaban J connectivity index is 1.74. The van der Waals surface area contributed by atoms with Crippen LogP contribution in [0.1, 0.15) is 27.6 Å². The fourth-order valence-electron chi connectivity index (χ4n) is 2.56. The fourth-order valence-corrected chi connectivity index (χ4v) is 3.08. The Morgan fingerprint density at radius 3 is 2.44 bits per heavy atom. The lowest BCUT2D eigenvalue weighted by molar-refractivity contribution is 0.0319. The summed E-state index contributed by atoms with van der Waals surface area (Å²) in [5.74, 6) is -0.855. The van der Waals surface area contributed by atoms with Gasteiger partial charge in [-0.1, -0.05) is 18.2 Å². The number of para-hydroxylation sites is 1. The summed E-state index contributed by atoms with van der Waals surface area (Å²) in [6.07, 6.45) is 2.28. The highest BCUT2D eigenvalue weighted by Crippen LogP contribution is 2.20. The summed E-state index contributed by atoms with van der Waals surface area (Å²) in [5, 5.41) is 0.796. The minimum absolute atomic E-state index is 0.267. The molecule has 0 fully saturated rings. The molecule has 0 aliphatic heterocycles. The van der Waals surface area contributed by atoms with Crippen LogP contribution in [0.5, 0.6) is 0 Å². The molecule has 0 unspecified atom stereocenters. The van der Waals surface area contributed by atoms with Crippen LogP contribution in [0.4, 0.5) is 0 Å². The van der Waals surface area contributed by atoms with Crippen LogP contribution in [0.25, 0.3) is 10.9 Å². The number of aromatic amines is 1. The normalized spacial score (nSPS) is 13.4. The zero-order chi connectivity index (χ0) is 18.0. The van der Waals surface area contributed by atoms with Crippen molar-refractivity contribution in [1.29, 1.82) is 0 Å². The first kappa shape index (κ1) is 17.1. The van der Waals surface area contributed by atoms with E-state index in [-0.39, 0.29) is 5.78 Å². The number of H-pyrrole nitrogens is 1. The van der Waals surface area contributed by atoms with E-state index in [2.05, 4.69) is 4.98 Å². The van der Waals surface area contributed by atoms with Crippen LogP contribution in [-0.4, -0.2) is 33.3 Å². The number of carbonyl (C=O) groups is 2. The smallest absolute Gasteiger partial charge is 0.338 e. The molecule has 2 atom stereocenters. The first-order chi connectivity index (χ1) is 12.0. The Labute approximate surface area is 147 Å². The van der Waals surface area contributed by atoms with Gasteiger partial charge >= 0.3 is 5.97 Å². The third-order valence-corrected chi connectivity index (χ3v) is 4.87. The van der Waals surface area contributed by atoms with Crippen LogP contribution >= 0.6 is 0 Å². The summed E-state index contributed by atoms with van der Waals surface area (Å²) >= 11 is 0. The monoisotopic (exact) mass is 355 g/mol. The predicted molar refractivity (Wildman–Crippen MR) is 96.3 cm³/mol. The number of hydrogen-bond acceptors (Lipinski definition) is 4. The van der Waals surface area contributed by atoms with E-state index in [1.165, 1.54) is 0 Å². The van der Waals surface area contributed by atoms with E-state index >= 15 is 0 Å². The molecule has 3 aromatic rings. The Bertz CT molecular complexity index is 959. The first-order valence-corrected chi connectivity index (χ1v) is 9.28. The molecule has 1 N–H and O–H groups in total. The van der Waals surface area contributed by atoms with E-state index in [4.69, 9.17) is 4.74 Å². The van der Waals surface area contributed by atoms with Gasteiger partial charge in [-0.15, -0.1) is 0 Å². The molecule has 2 aromatic carbocycles. The molecule has 0 bridgehead atoms. The molecule has 0 saturated carbocycles. The summed E-state index contributed by atoms with van der Waals surface area (Å²) in [6.45, 7) is 1.55. The average molecular weight is 355 g/mol. The lowest BCUT2D eigenvalue weighted by Crippen LogP contribution is -2.24. The number of benzene rings is 2. The third kappa shape index (κ3) is 3.53. The number of hydrogen-bond donors (Lipinski definition) is 1. The molecule has 0 spiro atoms. The molecule has 0 aliphatic rings. The van der Waals surface area contributed by atoms with Gasteiger partial charge in [-0.25, -0.2) is 4.79 Å². The van der Waals surface area contributed by atoms with Crippen LogP contribution in [0, 0.1) is 0 Å². The molecule has 3 rings (SSSR count). The number of rotatable bonds is 5. The number of esters is 1. The Morgan fingerprint density at radius 2 is 1.76 bits per heavy atom. The van der Waals surface area contributed by atoms with Crippen molar-refractivity contribution < 1.29 is 18.5 Å². The highest BCUT2D eigenvalue weighted by Gasteiger charge is 2.22. The highest BCUT2D eigenvalue weighted by atomic mass is 32.2. The molecule has 0 aliphatic carbocycles. The van der Waals surface area contributed by atoms with Crippen LogP contribution in [0.2, 0.25) is 0 Å². The maximum absolute atomic E-state index is 12.6. The molecule has 0 amide bonds. The van der Waals surface area contributed by atoms with E-state index in [1.807, 2.05) is 24.3 Å². The van der Waals surface area contributed by atoms with Crippen molar-refractivity contribution in [2.75, 3.05) is 6.26 Å². The van der Waals surface area contributed by atoms with Crippen LogP contribution in [0.3, 0.4) is 0 Å². The standard InChI is InChI=1S/C19H17NO4S/c1-12(18(21)16-11-20-17-6-4-3-5-15(16)17)24-19(22)13-7-9-14(10-8-13)25(2)23/h3-12,20H,1-2H3/t12-,25-/m1/s1. The molecule has 0 saturated heterocycles. The maximum Gasteiger partial charge on any atom is 0.338 e. The lowest BCUT2D eigenvalue weighted by Gasteiger charge is -2.12. The number of Topliss-reactive ketones (excluding diaryl/α,β-unsaturated/α-hetero) is 1. The topological polar surface area (TPSA) is 76.2 Å². The van der Waals surface area contributed by atoms with Crippen molar-refractivity contribution in [1.82, 2.24) is 4.98 Å². The molecular formula is C19H17NO4S. The van der Waals surface area contributed by atoms with Gasteiger partial charge in [0, 0.05) is 44.6 Å². The summed E-state index contributed by atoms with van der Waals surface area (Å²) < 4.78 is 16.7. The van der Waals surface area contributed by atoms with Crippen molar-refractivity contribution in [3.05, 3.63) is 65.9 Å². The maximum atomic E-state index is 12.6. The predicted octanol–water partition coefficient (Wildman–Crippen LogP) is 3.33. The zero-order valence-corrected chi connectivity index (χ0v) is 14.6. The van der Waals surface area contributed by atoms with Gasteiger partial charge in [0.2, 0.25) is 5.78 Å². The molecule has 6 heteroatoms. The minimum atomic E-state index is -1.11. The van der Waals surface area contributed by atoms with Gasteiger partial charge in [0.25, 0.3) is 0 Å². The van der Waals surface area contributed by atoms with Gasteiger partial charge in [-0.2, -0.15) is 0 Å². The Morgan fingerprint density at radius 1 is 1.08 bits per heavy atom. The second-order valence-corrected chi connectivity index (χ2v) is 7.02. The van der Waals surface area contributed by atoms with E-state index < -0.39 is 22.9 Å². The van der Waals surface area contributed by atoms with Crippen molar-refractivity contribution in [2.24, 2.45) is 0 Å². The lowest BCUT2D eigenvalue weighted by atomic mass is 10.1. The van der Waals surface area contributed by atoms with Crippen molar-refractivity contribution in [3.63, 3.8) is 0 Å². The number of fused-ring (bicyclic) bond motifs is 1. The zero-order valence-electron chi connectivity index (χ0n) is 13.8. The van der Waals surface area contributed by atoms with Gasteiger partial charge < -0.3 is 9.72 Å². The van der Waals surface area contributed by atoms with Gasteiger partial charge in [-0.3, -0.25) is 9.00 Å². The Hall–Kier alpha value is -2.73. The average Bonchev–Trinajstić information content (AvgIpc) is 3.05. The van der Waals surface area contributed by atoms with Crippen molar-refractivity contribution in [3.8, 4) is 0 Å². The van der Waals surface area contributed by atoms with Gasteiger partial charge in [0.15, 0.2) is 6.10 Å². The largest absolute Gasteiger partial charge is 0.451 e. The number of aromatic nitrogens is 1. The summed E-state index contributed by atoms with van der Waals surface area (Å²) in [6, 6.07) is 13.8. The molecular weight excluding hydrogens is 338 g/mol. The molecule has 25 heavy (non-hydrogen) atoms. The number of ketones is 1. The van der Waals surface area contributed by atoms with Crippen LogP contribution in [-0.2, 0) is 15.5 Å². The van der Waals surface area contributed by atoms with Crippen LogP contribution < -0.4 is 0 Å². The van der Waals surface area contributed by atoms with E-state index in [1.54, 1.807) is 43.6 Å². The fraction of sp³-hybridized carbons (Fsp3) is 0.158. The summed E-state index contributed by atoms with van der Waals surface area (Å²) in [5.41, 5.74) is 1.66. The molecule has 5 nitrogen and oxygen atoms in total. The Kier molecular flexibility index (Phi) is 4.81. The number of carbonyl (C=O) groups excluding carboxylic acids is 2. The second kappa shape index (κ2) is 7.03. The molecule has 128 valence electrons. The van der Waals surface area contributed by atoms with E-state index in [0.717, 1.165) is 10.9 Å². The summed E-state index contributed by atoms with van der Waals surface area (Å²) in [7, 11) is -1.11. The van der Waals surface area contributed by atoms with Crippen LogP contribution in [0.15, 0.2) is 59.6 Å². The van der Waals surface area contributed by atoms with E-state index in [9.17, 15) is 13.8 Å². The summed E-state index contributed by atoms with van der Waals surface area (Å²) in [4.78, 5) is 28.5. The van der Waals surface area contributed by atoms with Crippen molar-refractivity contribution in [2.45, 2.75) is 17.9 Å². The number of ether oxygens (including phenoxy) is 1. The molecule has 0 radical (unpaired) electrons. The SMILES string of the molecule is C[C@@H](OC(=O)c1ccc([S@@](C)=O)cc1)C(=O)c1c[nH]c2ccccc12. The minimum Gasteiger partial charge on any atom is -0.451 e. The third-order valence-electron chi connectivity index (χ3n) is 3.93. The van der Waals surface area contributed by atoms with Gasteiger partial charge in [0.05, 0.1) is 5.56 Å². The first-order valence-electron chi connectivity index (χ1n) is 7.72. The van der Waals surface area contributed by atoms with E-state index in [0.29, 0.717) is 16.0 Å².